The van der Waals surface area contributed by atoms with Crippen LogP contribution in [0.2, 0.25) is 0 Å². The molecule has 4 nitrogen and oxygen atoms in total. The van der Waals surface area contributed by atoms with E-state index in [-0.39, 0.29) is 5.91 Å². The fourth-order valence-electron chi connectivity index (χ4n) is 2.59. The predicted octanol–water partition coefficient (Wildman–Crippen LogP) is 2.07. The second-order valence-electron chi connectivity index (χ2n) is 5.31. The van der Waals surface area contributed by atoms with Crippen molar-refractivity contribution in [2.45, 2.75) is 26.2 Å². The van der Waals surface area contributed by atoms with Gasteiger partial charge in [0.15, 0.2) is 0 Å². The molecule has 0 aliphatic carbocycles. The highest BCUT2D eigenvalue weighted by molar-refractivity contribution is 5.92. The van der Waals surface area contributed by atoms with Crippen molar-refractivity contribution >= 4 is 5.91 Å². The molecule has 1 fully saturated rings. The Morgan fingerprint density at radius 1 is 1.45 bits per heavy atom. The number of nitrogens with zero attached hydrogens (tertiary/aromatic N) is 2. The molecule has 2 heterocycles. The molecule has 1 aliphatic heterocycles. The maximum absolute atomic E-state index is 12.9. The van der Waals surface area contributed by atoms with Crippen LogP contribution in [0.4, 0.5) is 4.39 Å². The summed E-state index contributed by atoms with van der Waals surface area (Å²) in [5.74, 6) is 0.0412. The van der Waals surface area contributed by atoms with E-state index in [0.717, 1.165) is 51.6 Å². The lowest BCUT2D eigenvalue weighted by Crippen LogP contribution is -2.40. The number of carbonyl (C=O) groups excluding carboxylic acids is 1. The first-order valence-electron chi connectivity index (χ1n) is 7.32. The van der Waals surface area contributed by atoms with E-state index >= 15 is 0 Å². The lowest BCUT2D eigenvalue weighted by molar-refractivity contribution is 0.0710. The van der Waals surface area contributed by atoms with Crippen LogP contribution in [0.25, 0.3) is 0 Å². The standard InChI is InChI=1S/C15H22FN3O/c1-2-9-19(11-12-5-7-17-8-6-12)15(20)14-4-3-13(16)10-18-14/h3-4,10,12,17H,2,5-9,11H2,1H3. The molecule has 1 amide bonds. The van der Waals surface area contributed by atoms with Crippen molar-refractivity contribution in [2.24, 2.45) is 5.92 Å². The van der Waals surface area contributed by atoms with Gasteiger partial charge in [-0.3, -0.25) is 4.79 Å². The van der Waals surface area contributed by atoms with Crippen LogP contribution in [0.15, 0.2) is 18.3 Å². The highest BCUT2D eigenvalue weighted by Gasteiger charge is 2.21. The molecule has 110 valence electrons. The van der Waals surface area contributed by atoms with Gasteiger partial charge < -0.3 is 10.2 Å². The summed E-state index contributed by atoms with van der Waals surface area (Å²) in [5, 5.41) is 3.33. The number of carbonyl (C=O) groups is 1. The number of rotatable bonds is 5. The third-order valence-electron chi connectivity index (χ3n) is 3.66. The van der Waals surface area contributed by atoms with E-state index < -0.39 is 5.82 Å². The van der Waals surface area contributed by atoms with E-state index in [1.54, 1.807) is 0 Å². The average molecular weight is 279 g/mol. The van der Waals surface area contributed by atoms with Gasteiger partial charge in [0.25, 0.3) is 5.91 Å². The molecule has 1 N–H and O–H groups in total. The number of hydrogen-bond donors (Lipinski definition) is 1. The lowest BCUT2D eigenvalue weighted by atomic mass is 9.97. The molecule has 0 aromatic carbocycles. The highest BCUT2D eigenvalue weighted by Crippen LogP contribution is 2.15. The van der Waals surface area contributed by atoms with Crippen LogP contribution in [-0.4, -0.2) is 42.0 Å². The lowest BCUT2D eigenvalue weighted by Gasteiger charge is -2.29. The zero-order valence-corrected chi connectivity index (χ0v) is 11.9. The number of aromatic nitrogens is 1. The Morgan fingerprint density at radius 3 is 2.80 bits per heavy atom. The number of piperidine rings is 1. The molecular formula is C15H22FN3O. The molecule has 0 bridgehead atoms. The molecule has 1 aromatic heterocycles. The van der Waals surface area contributed by atoms with Crippen molar-refractivity contribution in [1.29, 1.82) is 0 Å². The van der Waals surface area contributed by atoms with Gasteiger partial charge in [-0.1, -0.05) is 6.92 Å². The van der Waals surface area contributed by atoms with Crippen LogP contribution in [0.1, 0.15) is 36.7 Å². The van der Waals surface area contributed by atoms with Crippen LogP contribution < -0.4 is 5.32 Å². The van der Waals surface area contributed by atoms with Gasteiger partial charge in [0.05, 0.1) is 6.20 Å². The molecule has 0 unspecified atom stereocenters. The van der Waals surface area contributed by atoms with Gasteiger partial charge in [-0.25, -0.2) is 9.37 Å². The zero-order chi connectivity index (χ0) is 14.4. The van der Waals surface area contributed by atoms with E-state index in [4.69, 9.17) is 0 Å². The van der Waals surface area contributed by atoms with E-state index in [9.17, 15) is 9.18 Å². The van der Waals surface area contributed by atoms with Crippen LogP contribution in [0.5, 0.6) is 0 Å². The molecule has 1 saturated heterocycles. The molecule has 5 heteroatoms. The number of hydrogen-bond acceptors (Lipinski definition) is 3. The van der Waals surface area contributed by atoms with Gasteiger partial charge >= 0.3 is 0 Å². The van der Waals surface area contributed by atoms with Gasteiger partial charge in [0.1, 0.15) is 11.5 Å². The molecule has 0 radical (unpaired) electrons. The monoisotopic (exact) mass is 279 g/mol. The van der Waals surface area contributed by atoms with Gasteiger partial charge in [-0.05, 0) is 50.4 Å². The van der Waals surface area contributed by atoms with Crippen LogP contribution in [-0.2, 0) is 0 Å². The quantitative estimate of drug-likeness (QED) is 0.897. The first-order chi connectivity index (χ1) is 9.70. The smallest absolute Gasteiger partial charge is 0.272 e. The second kappa shape index (κ2) is 7.33. The molecule has 1 aromatic rings. The minimum absolute atomic E-state index is 0.0922. The Hall–Kier alpha value is -1.49. The molecule has 0 saturated carbocycles. The molecule has 0 spiro atoms. The van der Waals surface area contributed by atoms with E-state index in [1.165, 1.54) is 12.1 Å². The SMILES string of the molecule is CCCN(CC1CCNCC1)C(=O)c1ccc(F)cn1. The summed E-state index contributed by atoms with van der Waals surface area (Å²) in [7, 11) is 0. The number of nitrogens with one attached hydrogen (secondary N) is 1. The zero-order valence-electron chi connectivity index (χ0n) is 11.9. The summed E-state index contributed by atoms with van der Waals surface area (Å²) >= 11 is 0. The molecule has 0 atom stereocenters. The van der Waals surface area contributed by atoms with Crippen LogP contribution in [0.3, 0.4) is 0 Å². The molecule has 1 aliphatic rings. The van der Waals surface area contributed by atoms with Crippen molar-refractivity contribution in [2.75, 3.05) is 26.2 Å². The normalized spacial score (nSPS) is 16.1. The van der Waals surface area contributed by atoms with Crippen molar-refractivity contribution in [3.05, 3.63) is 29.8 Å². The van der Waals surface area contributed by atoms with E-state index in [1.807, 2.05) is 4.90 Å². The third kappa shape index (κ3) is 4.00. The first kappa shape index (κ1) is 14.9. The summed E-state index contributed by atoms with van der Waals surface area (Å²) in [6.07, 6.45) is 4.22. The topological polar surface area (TPSA) is 45.2 Å². The Labute approximate surface area is 119 Å². The van der Waals surface area contributed by atoms with Gasteiger partial charge in [0.2, 0.25) is 0 Å². The maximum Gasteiger partial charge on any atom is 0.272 e. The predicted molar refractivity (Wildman–Crippen MR) is 76.0 cm³/mol. The average Bonchev–Trinajstić information content (AvgIpc) is 2.48. The van der Waals surface area contributed by atoms with E-state index in [2.05, 4.69) is 17.2 Å². The maximum atomic E-state index is 12.9. The molecule has 20 heavy (non-hydrogen) atoms. The highest BCUT2D eigenvalue weighted by atomic mass is 19.1. The third-order valence-corrected chi connectivity index (χ3v) is 3.66. The van der Waals surface area contributed by atoms with Crippen LogP contribution in [0, 0.1) is 11.7 Å². The Bertz CT molecular complexity index is 429. The second-order valence-corrected chi connectivity index (χ2v) is 5.31. The number of pyridine rings is 1. The Kier molecular flexibility index (Phi) is 5.47. The fraction of sp³-hybridized carbons (Fsp3) is 0.600. The van der Waals surface area contributed by atoms with Crippen LogP contribution >= 0.6 is 0 Å². The summed E-state index contributed by atoms with van der Waals surface area (Å²) in [6, 6.07) is 2.75. The Balaban J connectivity index is 2.02. The Morgan fingerprint density at radius 2 is 2.20 bits per heavy atom. The van der Waals surface area contributed by atoms with Crippen molar-refractivity contribution in [1.82, 2.24) is 15.2 Å². The minimum Gasteiger partial charge on any atom is -0.337 e. The number of halogens is 1. The van der Waals surface area contributed by atoms with Gasteiger partial charge in [0, 0.05) is 13.1 Å². The fourth-order valence-corrected chi connectivity index (χ4v) is 2.59. The summed E-state index contributed by atoms with van der Waals surface area (Å²) < 4.78 is 12.9. The van der Waals surface area contributed by atoms with Gasteiger partial charge in [-0.15, -0.1) is 0 Å². The van der Waals surface area contributed by atoms with E-state index in [0.29, 0.717) is 11.6 Å². The number of amides is 1. The molecule has 2 rings (SSSR count). The van der Waals surface area contributed by atoms with Gasteiger partial charge in [-0.2, -0.15) is 0 Å². The minimum atomic E-state index is -0.415. The largest absolute Gasteiger partial charge is 0.337 e. The van der Waals surface area contributed by atoms with Crippen molar-refractivity contribution in [3.63, 3.8) is 0 Å². The van der Waals surface area contributed by atoms with Crippen molar-refractivity contribution < 1.29 is 9.18 Å². The summed E-state index contributed by atoms with van der Waals surface area (Å²) in [6.45, 7) is 5.59. The summed E-state index contributed by atoms with van der Waals surface area (Å²) in [4.78, 5) is 18.2. The first-order valence-corrected chi connectivity index (χ1v) is 7.32. The molecular weight excluding hydrogens is 257 g/mol. The van der Waals surface area contributed by atoms with Crippen molar-refractivity contribution in [3.8, 4) is 0 Å². The summed E-state index contributed by atoms with van der Waals surface area (Å²) in [5.41, 5.74) is 0.328.